The van der Waals surface area contributed by atoms with Crippen molar-refractivity contribution in [3.05, 3.63) is 77.9 Å². The summed E-state index contributed by atoms with van der Waals surface area (Å²) >= 11 is 0. The lowest BCUT2D eigenvalue weighted by molar-refractivity contribution is 0.414. The van der Waals surface area contributed by atoms with E-state index in [2.05, 4.69) is 54.6 Å². The number of hydrogen-bond acceptors (Lipinski definition) is 2. The van der Waals surface area contributed by atoms with Crippen LogP contribution in [0.15, 0.2) is 66.7 Å². The van der Waals surface area contributed by atoms with Gasteiger partial charge in [-0.3, -0.25) is 0 Å². The predicted octanol–water partition coefficient (Wildman–Crippen LogP) is 4.13. The highest BCUT2D eigenvalue weighted by Gasteiger charge is 2.14. The third kappa shape index (κ3) is 2.97. The van der Waals surface area contributed by atoms with Crippen molar-refractivity contribution < 1.29 is 4.74 Å². The van der Waals surface area contributed by atoms with Crippen molar-refractivity contribution in [3.63, 3.8) is 0 Å². The van der Waals surface area contributed by atoms with Gasteiger partial charge >= 0.3 is 0 Å². The topological polar surface area (TPSA) is 35.2 Å². The fourth-order valence-corrected chi connectivity index (χ4v) is 3.01. The Morgan fingerprint density at radius 1 is 0.955 bits per heavy atom. The van der Waals surface area contributed by atoms with E-state index in [0.717, 1.165) is 12.2 Å². The first-order valence-corrected chi connectivity index (χ1v) is 7.62. The molecule has 22 heavy (non-hydrogen) atoms. The van der Waals surface area contributed by atoms with Crippen LogP contribution >= 0.6 is 0 Å². The fraction of sp³-hybridized carbons (Fsp3) is 0.200. The van der Waals surface area contributed by atoms with Crippen molar-refractivity contribution in [2.75, 3.05) is 13.7 Å². The number of fused-ring (bicyclic) bond motifs is 1. The van der Waals surface area contributed by atoms with Gasteiger partial charge in [0.25, 0.3) is 0 Å². The number of methoxy groups -OCH3 is 1. The molecular weight excluding hydrogens is 270 g/mol. The molecule has 1 atom stereocenters. The molecule has 112 valence electrons. The van der Waals surface area contributed by atoms with E-state index in [1.807, 2.05) is 12.1 Å². The maximum absolute atomic E-state index is 6.08. The van der Waals surface area contributed by atoms with Gasteiger partial charge in [-0.2, -0.15) is 0 Å². The summed E-state index contributed by atoms with van der Waals surface area (Å²) in [4.78, 5) is 0. The third-order valence-corrected chi connectivity index (χ3v) is 4.16. The summed E-state index contributed by atoms with van der Waals surface area (Å²) in [5.74, 6) is 1.20. The Kier molecular flexibility index (Phi) is 4.40. The van der Waals surface area contributed by atoms with Gasteiger partial charge in [0.1, 0.15) is 5.75 Å². The van der Waals surface area contributed by atoms with E-state index < -0.39 is 0 Å². The van der Waals surface area contributed by atoms with Crippen LogP contribution in [0.5, 0.6) is 5.75 Å². The molecule has 0 fully saturated rings. The molecule has 0 heterocycles. The van der Waals surface area contributed by atoms with Crippen molar-refractivity contribution in [1.82, 2.24) is 0 Å². The number of benzene rings is 3. The first-order chi connectivity index (χ1) is 10.8. The minimum atomic E-state index is 0.304. The van der Waals surface area contributed by atoms with Crippen molar-refractivity contribution in [1.29, 1.82) is 0 Å². The van der Waals surface area contributed by atoms with Crippen LogP contribution < -0.4 is 10.5 Å². The standard InChI is InChI=1S/C20H21NO/c1-22-18-9-4-6-15(13-18)12-17(14-21)20-11-5-8-16-7-2-3-10-19(16)20/h2-11,13,17H,12,14,21H2,1H3. The van der Waals surface area contributed by atoms with Gasteiger partial charge in [-0.1, -0.05) is 54.6 Å². The number of hydrogen-bond donors (Lipinski definition) is 1. The lowest BCUT2D eigenvalue weighted by Gasteiger charge is -2.18. The number of nitrogens with two attached hydrogens (primary N) is 1. The summed E-state index contributed by atoms with van der Waals surface area (Å²) in [6.07, 6.45) is 0.918. The van der Waals surface area contributed by atoms with Crippen molar-refractivity contribution in [2.24, 2.45) is 5.73 Å². The van der Waals surface area contributed by atoms with Gasteiger partial charge in [0, 0.05) is 5.92 Å². The van der Waals surface area contributed by atoms with Gasteiger partial charge < -0.3 is 10.5 Å². The predicted molar refractivity (Wildman–Crippen MR) is 92.4 cm³/mol. The minimum Gasteiger partial charge on any atom is -0.497 e. The molecule has 2 nitrogen and oxygen atoms in total. The van der Waals surface area contributed by atoms with Crippen LogP contribution in [0.4, 0.5) is 0 Å². The molecule has 0 spiro atoms. The van der Waals surface area contributed by atoms with Crippen LogP contribution in [0.25, 0.3) is 10.8 Å². The van der Waals surface area contributed by atoms with Crippen LogP contribution in [0, 0.1) is 0 Å². The summed E-state index contributed by atoms with van der Waals surface area (Å²) in [5, 5.41) is 2.56. The molecule has 3 aromatic carbocycles. The number of ether oxygens (including phenoxy) is 1. The average Bonchev–Trinajstić information content (AvgIpc) is 2.59. The molecule has 2 heteroatoms. The second-order valence-electron chi connectivity index (χ2n) is 5.56. The highest BCUT2D eigenvalue weighted by Crippen LogP contribution is 2.28. The fourth-order valence-electron chi connectivity index (χ4n) is 3.01. The van der Waals surface area contributed by atoms with Crippen molar-refractivity contribution in [2.45, 2.75) is 12.3 Å². The molecule has 0 aliphatic heterocycles. The van der Waals surface area contributed by atoms with Crippen LogP contribution in [-0.4, -0.2) is 13.7 Å². The molecule has 0 saturated carbocycles. The van der Waals surface area contributed by atoms with E-state index in [1.165, 1.54) is 21.9 Å². The van der Waals surface area contributed by atoms with Crippen LogP contribution in [0.1, 0.15) is 17.0 Å². The lowest BCUT2D eigenvalue weighted by Crippen LogP contribution is -2.15. The summed E-state index contributed by atoms with van der Waals surface area (Å²) in [6.45, 7) is 0.630. The Morgan fingerprint density at radius 2 is 1.73 bits per heavy atom. The van der Waals surface area contributed by atoms with Gasteiger partial charge in [0.2, 0.25) is 0 Å². The van der Waals surface area contributed by atoms with E-state index in [0.29, 0.717) is 12.5 Å². The summed E-state index contributed by atoms with van der Waals surface area (Å²) < 4.78 is 5.31. The number of rotatable bonds is 5. The smallest absolute Gasteiger partial charge is 0.119 e. The van der Waals surface area contributed by atoms with Gasteiger partial charge in [0.05, 0.1) is 7.11 Å². The molecule has 1 unspecified atom stereocenters. The largest absolute Gasteiger partial charge is 0.497 e. The van der Waals surface area contributed by atoms with Gasteiger partial charge in [-0.15, -0.1) is 0 Å². The first-order valence-electron chi connectivity index (χ1n) is 7.62. The Balaban J connectivity index is 1.96. The molecule has 0 amide bonds. The Morgan fingerprint density at radius 3 is 2.55 bits per heavy atom. The molecule has 3 rings (SSSR count). The van der Waals surface area contributed by atoms with Gasteiger partial charge in [0.15, 0.2) is 0 Å². The summed E-state index contributed by atoms with van der Waals surface area (Å²) in [7, 11) is 1.70. The second kappa shape index (κ2) is 6.63. The Bertz CT molecular complexity index is 761. The molecule has 2 N–H and O–H groups in total. The van der Waals surface area contributed by atoms with Gasteiger partial charge in [-0.25, -0.2) is 0 Å². The zero-order chi connectivity index (χ0) is 15.4. The zero-order valence-corrected chi connectivity index (χ0v) is 12.8. The van der Waals surface area contributed by atoms with E-state index in [9.17, 15) is 0 Å². The monoisotopic (exact) mass is 291 g/mol. The normalized spacial score (nSPS) is 12.3. The average molecular weight is 291 g/mol. The quantitative estimate of drug-likeness (QED) is 0.767. The molecular formula is C20H21NO. The molecule has 0 aliphatic rings. The molecule has 0 radical (unpaired) electrons. The zero-order valence-electron chi connectivity index (χ0n) is 12.8. The van der Waals surface area contributed by atoms with E-state index >= 15 is 0 Å². The summed E-state index contributed by atoms with van der Waals surface area (Å²) in [5.41, 5.74) is 8.66. The molecule has 3 aromatic rings. The van der Waals surface area contributed by atoms with Crippen LogP contribution in [0.3, 0.4) is 0 Å². The minimum absolute atomic E-state index is 0.304. The highest BCUT2D eigenvalue weighted by atomic mass is 16.5. The third-order valence-electron chi connectivity index (χ3n) is 4.16. The SMILES string of the molecule is COc1cccc(CC(CN)c2cccc3ccccc23)c1. The van der Waals surface area contributed by atoms with Gasteiger partial charge in [-0.05, 0) is 47.0 Å². The first kappa shape index (κ1) is 14.6. The molecule has 0 bridgehead atoms. The van der Waals surface area contributed by atoms with E-state index in [4.69, 9.17) is 10.5 Å². The maximum Gasteiger partial charge on any atom is 0.119 e. The highest BCUT2D eigenvalue weighted by molar-refractivity contribution is 5.86. The maximum atomic E-state index is 6.08. The Labute approximate surface area is 131 Å². The summed E-state index contributed by atoms with van der Waals surface area (Å²) in [6, 6.07) is 23.2. The Hall–Kier alpha value is -2.32. The van der Waals surface area contributed by atoms with Crippen molar-refractivity contribution in [3.8, 4) is 5.75 Å². The van der Waals surface area contributed by atoms with Crippen LogP contribution in [-0.2, 0) is 6.42 Å². The van der Waals surface area contributed by atoms with E-state index in [-0.39, 0.29) is 0 Å². The molecule has 0 aromatic heterocycles. The lowest BCUT2D eigenvalue weighted by atomic mass is 9.88. The van der Waals surface area contributed by atoms with Crippen molar-refractivity contribution >= 4 is 10.8 Å². The molecule has 0 aliphatic carbocycles. The van der Waals surface area contributed by atoms with E-state index in [1.54, 1.807) is 7.11 Å². The second-order valence-corrected chi connectivity index (χ2v) is 5.56. The van der Waals surface area contributed by atoms with Crippen LogP contribution in [0.2, 0.25) is 0 Å². The molecule has 0 saturated heterocycles.